The van der Waals surface area contributed by atoms with E-state index in [0.29, 0.717) is 5.60 Å². The van der Waals surface area contributed by atoms with Crippen LogP contribution in [0.1, 0.15) is 38.5 Å². The van der Waals surface area contributed by atoms with Crippen molar-refractivity contribution < 1.29 is 4.74 Å². The van der Waals surface area contributed by atoms with Crippen molar-refractivity contribution in [3.63, 3.8) is 0 Å². The molecular weight excluding hydrogens is 240 g/mol. The Morgan fingerprint density at radius 2 is 1.50 bits per heavy atom. The van der Waals surface area contributed by atoms with Crippen molar-refractivity contribution in [2.75, 3.05) is 11.9 Å². The molecule has 0 aliphatic heterocycles. The fraction of sp³-hybridized carbons (Fsp3) is 1.00. The van der Waals surface area contributed by atoms with E-state index >= 15 is 0 Å². The summed E-state index contributed by atoms with van der Waals surface area (Å²) in [6, 6.07) is 0. The molecule has 0 spiro atoms. The van der Waals surface area contributed by atoms with Crippen molar-refractivity contribution in [1.82, 2.24) is 0 Å². The molecule has 0 atom stereocenters. The van der Waals surface area contributed by atoms with E-state index in [1.807, 2.05) is 0 Å². The van der Waals surface area contributed by atoms with Crippen molar-refractivity contribution in [3.8, 4) is 0 Å². The Morgan fingerprint density at radius 1 is 1.00 bits per heavy atom. The molecule has 14 heavy (non-hydrogen) atoms. The van der Waals surface area contributed by atoms with Gasteiger partial charge in [0.25, 0.3) is 0 Å². The molecule has 0 aromatic rings. The van der Waals surface area contributed by atoms with Gasteiger partial charge in [-0.25, -0.2) is 0 Å². The summed E-state index contributed by atoms with van der Waals surface area (Å²) in [5.74, 6) is 3.03. The fourth-order valence-corrected chi connectivity index (χ4v) is 4.62. The Labute approximate surface area is 94.7 Å². The molecule has 2 heteroatoms. The van der Waals surface area contributed by atoms with Gasteiger partial charge in [0.05, 0.1) is 12.2 Å². The normalized spacial score (nSPS) is 49.9. The average molecular weight is 259 g/mol. The largest absolute Gasteiger partial charge is 0.374 e. The van der Waals surface area contributed by atoms with E-state index in [9.17, 15) is 0 Å². The number of halogens is 1. The van der Waals surface area contributed by atoms with E-state index < -0.39 is 0 Å². The number of rotatable bonds is 3. The molecule has 0 radical (unpaired) electrons. The van der Waals surface area contributed by atoms with Crippen LogP contribution >= 0.6 is 15.9 Å². The van der Waals surface area contributed by atoms with Gasteiger partial charge in [-0.2, -0.15) is 0 Å². The quantitative estimate of drug-likeness (QED) is 0.706. The molecule has 0 amide bonds. The Morgan fingerprint density at radius 3 is 1.93 bits per heavy atom. The molecule has 4 rings (SSSR count). The van der Waals surface area contributed by atoms with Gasteiger partial charge in [-0.3, -0.25) is 0 Å². The summed E-state index contributed by atoms with van der Waals surface area (Å²) >= 11 is 3.46. The molecule has 4 aliphatic carbocycles. The third kappa shape index (κ3) is 1.55. The first-order valence-electron chi connectivity index (χ1n) is 5.99. The minimum atomic E-state index is 0.322. The topological polar surface area (TPSA) is 9.23 Å². The van der Waals surface area contributed by atoms with Crippen LogP contribution in [0.3, 0.4) is 0 Å². The molecule has 4 aliphatic rings. The maximum absolute atomic E-state index is 6.14. The highest BCUT2D eigenvalue weighted by Gasteiger charge is 2.51. The van der Waals surface area contributed by atoms with Crippen LogP contribution in [0.15, 0.2) is 0 Å². The minimum absolute atomic E-state index is 0.322. The molecule has 0 aromatic carbocycles. The second-order valence-corrected chi connectivity index (χ2v) is 6.43. The molecule has 0 aromatic heterocycles. The van der Waals surface area contributed by atoms with Crippen molar-refractivity contribution in [3.05, 3.63) is 0 Å². The fourth-order valence-electron chi connectivity index (χ4n) is 4.46. The van der Waals surface area contributed by atoms with Gasteiger partial charge < -0.3 is 4.74 Å². The Balaban J connectivity index is 1.74. The van der Waals surface area contributed by atoms with Gasteiger partial charge in [0, 0.05) is 5.33 Å². The summed E-state index contributed by atoms with van der Waals surface area (Å²) < 4.78 is 6.14. The molecular formula is C12H19BrO. The molecule has 0 saturated heterocycles. The second-order valence-electron chi connectivity index (χ2n) is 5.64. The third-order valence-electron chi connectivity index (χ3n) is 4.47. The van der Waals surface area contributed by atoms with Gasteiger partial charge in [-0.05, 0) is 56.3 Å². The standard InChI is InChI=1S/C12H19BrO/c13-1-2-14-12-6-9-3-10(7-12)5-11(4-9)8-12/h9-11H,1-8H2. The lowest BCUT2D eigenvalue weighted by atomic mass is 9.54. The summed E-state index contributed by atoms with van der Waals surface area (Å²) in [5, 5.41) is 0.995. The zero-order valence-corrected chi connectivity index (χ0v) is 10.3. The summed E-state index contributed by atoms with van der Waals surface area (Å²) in [7, 11) is 0. The lowest BCUT2D eigenvalue weighted by Gasteiger charge is -2.56. The van der Waals surface area contributed by atoms with Crippen LogP contribution in [0.25, 0.3) is 0 Å². The van der Waals surface area contributed by atoms with Crippen LogP contribution in [0.2, 0.25) is 0 Å². The minimum Gasteiger partial charge on any atom is -0.374 e. The average Bonchev–Trinajstić information content (AvgIpc) is 2.12. The monoisotopic (exact) mass is 258 g/mol. The van der Waals surface area contributed by atoms with E-state index in [2.05, 4.69) is 15.9 Å². The van der Waals surface area contributed by atoms with E-state index in [0.717, 1.165) is 29.7 Å². The summed E-state index contributed by atoms with van der Waals surface area (Å²) in [6.07, 6.45) is 8.63. The molecule has 0 unspecified atom stereocenters. The SMILES string of the molecule is BrCCOC12CC3CC(CC(C3)C1)C2. The zero-order chi connectivity index (χ0) is 9.60. The third-order valence-corrected chi connectivity index (χ3v) is 4.79. The Hall–Kier alpha value is 0.440. The highest BCUT2D eigenvalue weighted by molar-refractivity contribution is 9.09. The molecule has 0 N–H and O–H groups in total. The van der Waals surface area contributed by atoms with Crippen molar-refractivity contribution in [1.29, 1.82) is 0 Å². The first-order chi connectivity index (χ1) is 6.80. The summed E-state index contributed by atoms with van der Waals surface area (Å²) in [5.41, 5.74) is 0.322. The van der Waals surface area contributed by atoms with Crippen LogP contribution in [0.5, 0.6) is 0 Å². The maximum Gasteiger partial charge on any atom is 0.0690 e. The van der Waals surface area contributed by atoms with Crippen LogP contribution in [0.4, 0.5) is 0 Å². The van der Waals surface area contributed by atoms with Crippen LogP contribution in [-0.4, -0.2) is 17.5 Å². The molecule has 80 valence electrons. The van der Waals surface area contributed by atoms with Crippen LogP contribution < -0.4 is 0 Å². The Bertz CT molecular complexity index is 191. The molecule has 4 fully saturated rings. The zero-order valence-electron chi connectivity index (χ0n) is 8.68. The van der Waals surface area contributed by atoms with Crippen LogP contribution in [0, 0.1) is 17.8 Å². The number of ether oxygens (including phenoxy) is 1. The number of hydrogen-bond acceptors (Lipinski definition) is 1. The van der Waals surface area contributed by atoms with Crippen molar-refractivity contribution in [2.24, 2.45) is 17.8 Å². The second kappa shape index (κ2) is 3.48. The smallest absolute Gasteiger partial charge is 0.0690 e. The van der Waals surface area contributed by atoms with Gasteiger partial charge in [-0.1, -0.05) is 15.9 Å². The first-order valence-corrected chi connectivity index (χ1v) is 7.12. The van der Waals surface area contributed by atoms with Gasteiger partial charge in [0.15, 0.2) is 0 Å². The summed E-state index contributed by atoms with van der Waals surface area (Å²) in [6.45, 7) is 0.909. The van der Waals surface area contributed by atoms with E-state index in [1.165, 1.54) is 38.5 Å². The first kappa shape index (κ1) is 9.65. The predicted molar refractivity (Wildman–Crippen MR) is 60.6 cm³/mol. The highest BCUT2D eigenvalue weighted by atomic mass is 79.9. The van der Waals surface area contributed by atoms with Gasteiger partial charge in [-0.15, -0.1) is 0 Å². The predicted octanol–water partition coefficient (Wildman–Crippen LogP) is 3.37. The van der Waals surface area contributed by atoms with Crippen molar-refractivity contribution >= 4 is 15.9 Å². The molecule has 4 saturated carbocycles. The van der Waals surface area contributed by atoms with Crippen LogP contribution in [-0.2, 0) is 4.74 Å². The number of alkyl halides is 1. The van der Waals surface area contributed by atoms with Gasteiger partial charge in [0.2, 0.25) is 0 Å². The molecule has 4 bridgehead atoms. The van der Waals surface area contributed by atoms with E-state index in [4.69, 9.17) is 4.74 Å². The van der Waals surface area contributed by atoms with Gasteiger partial charge in [0.1, 0.15) is 0 Å². The maximum atomic E-state index is 6.14. The lowest BCUT2D eigenvalue weighted by molar-refractivity contribution is -0.158. The van der Waals surface area contributed by atoms with Gasteiger partial charge >= 0.3 is 0 Å². The Kier molecular flexibility index (Phi) is 2.40. The molecule has 1 nitrogen and oxygen atoms in total. The van der Waals surface area contributed by atoms with Crippen molar-refractivity contribution in [2.45, 2.75) is 44.1 Å². The highest BCUT2D eigenvalue weighted by Crippen LogP contribution is 2.57. The van der Waals surface area contributed by atoms with E-state index in [-0.39, 0.29) is 0 Å². The number of hydrogen-bond donors (Lipinski definition) is 0. The van der Waals surface area contributed by atoms with E-state index in [1.54, 1.807) is 0 Å². The summed E-state index contributed by atoms with van der Waals surface area (Å²) in [4.78, 5) is 0. The lowest BCUT2D eigenvalue weighted by Crippen LogP contribution is -2.52. The molecule has 0 heterocycles.